The highest BCUT2D eigenvalue weighted by atomic mass is 15.2. The molecule has 0 spiro atoms. The standard InChI is InChI=1S/C48H33N.C40H29N.C36H27N/c1-4-25-43-34(13-1)16-10-28-46(43)37-19-7-22-40(31-37)49(41-23-8-20-38(32-41)47-29-11-17-35-14-2-5-26-44(35)47)42-24-9-21-39(33-42)48-30-12-18-36-15-3-6-27-45(36)48;1-3-12-30(13-4-1)34-18-9-20-37(28-34)41(38-21-10-19-35(29-38)31-14-5-2-6-15-31)36-26-24-33(25-27-36)40-23-11-17-32-16-7-8-22-39(32)40;1-4-13-28(14-5-1)31-19-10-22-34(25-31)37(35-23-11-20-32(26-35)29-15-6-2-7-16-29)36-24-12-21-33(27-36)30-17-8-3-9-18-30/h1-33H;1-29H;1-27H. The van der Waals surface area contributed by atoms with Gasteiger partial charge in [-0.3, -0.25) is 0 Å². The summed E-state index contributed by atoms with van der Waals surface area (Å²) >= 11 is 0. The Morgan fingerprint density at radius 3 is 0.496 bits per heavy atom. The summed E-state index contributed by atoms with van der Waals surface area (Å²) in [6.07, 6.45) is 0. The number of nitrogens with zero attached hydrogens (tertiary/aromatic N) is 3. The van der Waals surface area contributed by atoms with Crippen LogP contribution in [0, 0.1) is 0 Å². The molecule has 0 fully saturated rings. The second-order valence-corrected chi connectivity index (χ2v) is 31.9. The van der Waals surface area contributed by atoms with Crippen LogP contribution < -0.4 is 14.7 Å². The molecule has 0 N–H and O–H groups in total. The minimum atomic E-state index is 1.11. The zero-order valence-electron chi connectivity index (χ0n) is 70.2. The summed E-state index contributed by atoms with van der Waals surface area (Å²) in [5.74, 6) is 0. The minimum absolute atomic E-state index is 1.11. The van der Waals surface area contributed by atoms with Gasteiger partial charge in [-0.05, 0) is 252 Å². The largest absolute Gasteiger partial charge is 0.310 e. The molecule has 22 aromatic rings. The Hall–Kier alpha value is -16.7. The lowest BCUT2D eigenvalue weighted by atomic mass is 9.96. The molecule has 22 aromatic carbocycles. The molecule has 0 heterocycles. The van der Waals surface area contributed by atoms with Gasteiger partial charge >= 0.3 is 0 Å². The Bertz CT molecular complexity index is 6980. The van der Waals surface area contributed by atoms with Crippen LogP contribution in [0.25, 0.3) is 143 Å². The van der Waals surface area contributed by atoms with E-state index < -0.39 is 0 Å². The molecule has 0 amide bonds. The Morgan fingerprint density at radius 2 is 0.260 bits per heavy atom. The SMILES string of the molecule is c1cc(-c2cccc3ccccc23)cc(N(c2cccc(-c3cccc4ccccc34)c2)c2cccc(-c3cccc4ccccc34)c2)c1.c1ccc(-c2cccc(N(c3ccc(-c4cccc5ccccc45)cc3)c3cccc(-c4ccccc4)c3)c2)cc1.c1ccc(-c2cccc(N(c3cccc(-c4ccccc4)c3)c3cccc(-c4ccccc4)c3)c2)cc1. The van der Waals surface area contributed by atoms with Gasteiger partial charge in [-0.15, -0.1) is 0 Å². The van der Waals surface area contributed by atoms with Gasteiger partial charge in [-0.1, -0.05) is 431 Å². The van der Waals surface area contributed by atoms with E-state index in [1.807, 2.05) is 0 Å². The van der Waals surface area contributed by atoms with Crippen molar-refractivity contribution in [3.63, 3.8) is 0 Å². The van der Waals surface area contributed by atoms with Gasteiger partial charge in [0.05, 0.1) is 0 Å². The second-order valence-electron chi connectivity index (χ2n) is 31.9. The van der Waals surface area contributed by atoms with Gasteiger partial charge in [0.15, 0.2) is 0 Å². The first kappa shape index (κ1) is 78.8. The van der Waals surface area contributed by atoms with Crippen molar-refractivity contribution in [2.45, 2.75) is 0 Å². The Kier molecular flexibility index (Phi) is 22.9. The zero-order valence-corrected chi connectivity index (χ0v) is 70.2. The molecule has 0 aromatic heterocycles. The summed E-state index contributed by atoms with van der Waals surface area (Å²) in [5, 5.41) is 10.0. The average molecular weight is 1620 g/mol. The summed E-state index contributed by atoms with van der Waals surface area (Å²) in [6, 6.07) is 193. The van der Waals surface area contributed by atoms with Crippen molar-refractivity contribution >= 4 is 94.3 Å². The van der Waals surface area contributed by atoms with Crippen LogP contribution in [0.4, 0.5) is 51.2 Å². The van der Waals surface area contributed by atoms with Gasteiger partial charge < -0.3 is 14.7 Å². The molecule has 0 radical (unpaired) electrons. The fraction of sp³-hybridized carbons (Fsp3) is 0. The smallest absolute Gasteiger partial charge is 0.0467 e. The molecule has 0 saturated heterocycles. The third-order valence-corrected chi connectivity index (χ3v) is 23.9. The lowest BCUT2D eigenvalue weighted by Crippen LogP contribution is -2.10. The fourth-order valence-electron chi connectivity index (χ4n) is 17.8. The molecule has 22 rings (SSSR count). The molecular formula is C124H89N3. The van der Waals surface area contributed by atoms with Crippen molar-refractivity contribution in [1.29, 1.82) is 0 Å². The third kappa shape index (κ3) is 17.3. The molecule has 0 unspecified atom stereocenters. The van der Waals surface area contributed by atoms with Gasteiger partial charge in [0.25, 0.3) is 0 Å². The number of benzene rings is 22. The van der Waals surface area contributed by atoms with Crippen molar-refractivity contribution in [1.82, 2.24) is 0 Å². The first-order valence-electron chi connectivity index (χ1n) is 43.5. The monoisotopic (exact) mass is 1620 g/mol. The van der Waals surface area contributed by atoms with Gasteiger partial charge in [0.2, 0.25) is 0 Å². The highest BCUT2D eigenvalue weighted by Crippen LogP contribution is 2.46. The van der Waals surface area contributed by atoms with Crippen LogP contribution in [0.1, 0.15) is 0 Å². The Labute approximate surface area is 743 Å². The molecule has 0 saturated carbocycles. The minimum Gasteiger partial charge on any atom is -0.310 e. The highest BCUT2D eigenvalue weighted by Gasteiger charge is 2.22. The molecule has 0 aliphatic carbocycles. The quantitative estimate of drug-likeness (QED) is 0.0848. The van der Waals surface area contributed by atoms with Crippen LogP contribution in [-0.4, -0.2) is 0 Å². The van der Waals surface area contributed by atoms with Gasteiger partial charge in [-0.25, -0.2) is 0 Å². The van der Waals surface area contributed by atoms with E-state index in [0.29, 0.717) is 0 Å². The van der Waals surface area contributed by atoms with E-state index in [1.165, 1.54) is 143 Å². The number of rotatable bonds is 18. The van der Waals surface area contributed by atoms with E-state index in [0.717, 1.165) is 51.2 Å². The average Bonchev–Trinajstić information content (AvgIpc) is 0.787. The second kappa shape index (κ2) is 36.9. The molecule has 0 bridgehead atoms. The molecule has 600 valence electrons. The van der Waals surface area contributed by atoms with Gasteiger partial charge in [-0.2, -0.15) is 0 Å². The van der Waals surface area contributed by atoms with Crippen LogP contribution in [0.3, 0.4) is 0 Å². The number of fused-ring (bicyclic) bond motifs is 4. The summed E-state index contributed by atoms with van der Waals surface area (Å²) < 4.78 is 0. The maximum absolute atomic E-state index is 2.40. The van der Waals surface area contributed by atoms with Crippen molar-refractivity contribution < 1.29 is 0 Å². The molecular weight excluding hydrogens is 1530 g/mol. The molecule has 0 aliphatic heterocycles. The molecule has 0 aliphatic rings. The predicted octanol–water partition coefficient (Wildman–Crippen LogP) is 35.1. The number of hydrogen-bond donors (Lipinski definition) is 0. The zero-order chi connectivity index (χ0) is 84.9. The van der Waals surface area contributed by atoms with Crippen molar-refractivity contribution in [2.24, 2.45) is 0 Å². The molecule has 127 heavy (non-hydrogen) atoms. The fourth-order valence-corrected chi connectivity index (χ4v) is 17.8. The molecule has 3 heteroatoms. The summed E-state index contributed by atoms with van der Waals surface area (Å²) in [4.78, 5) is 7.11. The Balaban J connectivity index is 0.000000121. The van der Waals surface area contributed by atoms with Crippen molar-refractivity contribution in [3.8, 4) is 100 Å². The maximum atomic E-state index is 2.40. The highest BCUT2D eigenvalue weighted by molar-refractivity contribution is 6.02. The first-order valence-corrected chi connectivity index (χ1v) is 43.5. The normalized spacial score (nSPS) is 11.0. The lowest BCUT2D eigenvalue weighted by molar-refractivity contribution is 1.28. The Morgan fingerprint density at radius 1 is 0.0945 bits per heavy atom. The molecule has 3 nitrogen and oxygen atoms in total. The van der Waals surface area contributed by atoms with Crippen LogP contribution in [0.2, 0.25) is 0 Å². The molecule has 0 atom stereocenters. The van der Waals surface area contributed by atoms with Crippen molar-refractivity contribution in [3.05, 3.63) is 540 Å². The van der Waals surface area contributed by atoms with Gasteiger partial charge in [0.1, 0.15) is 0 Å². The van der Waals surface area contributed by atoms with Crippen molar-refractivity contribution in [2.75, 3.05) is 14.7 Å². The topological polar surface area (TPSA) is 9.72 Å². The van der Waals surface area contributed by atoms with E-state index in [9.17, 15) is 0 Å². The maximum Gasteiger partial charge on any atom is 0.0467 e. The van der Waals surface area contributed by atoms with Crippen LogP contribution in [0.5, 0.6) is 0 Å². The summed E-state index contributed by atoms with van der Waals surface area (Å²) in [7, 11) is 0. The number of anilines is 9. The van der Waals surface area contributed by atoms with E-state index in [1.54, 1.807) is 0 Å². The van der Waals surface area contributed by atoms with E-state index in [-0.39, 0.29) is 0 Å². The van der Waals surface area contributed by atoms with Crippen LogP contribution in [0.15, 0.2) is 540 Å². The van der Waals surface area contributed by atoms with Gasteiger partial charge in [0, 0.05) is 51.2 Å². The summed E-state index contributed by atoms with van der Waals surface area (Å²) in [6.45, 7) is 0. The van der Waals surface area contributed by atoms with E-state index in [4.69, 9.17) is 0 Å². The van der Waals surface area contributed by atoms with E-state index >= 15 is 0 Å². The third-order valence-electron chi connectivity index (χ3n) is 23.9. The lowest BCUT2D eigenvalue weighted by Gasteiger charge is -2.27. The predicted molar refractivity (Wildman–Crippen MR) is 542 cm³/mol. The van der Waals surface area contributed by atoms with Crippen LogP contribution >= 0.6 is 0 Å². The summed E-state index contributed by atoms with van der Waals surface area (Å²) in [5.41, 5.74) is 31.8. The van der Waals surface area contributed by atoms with Crippen LogP contribution in [-0.2, 0) is 0 Å². The number of hydrogen-bond acceptors (Lipinski definition) is 3. The first-order chi connectivity index (χ1) is 63.0. The van der Waals surface area contributed by atoms with E-state index in [2.05, 4.69) is 555 Å².